The molecule has 0 bridgehead atoms. The zero-order chi connectivity index (χ0) is 17.5. The predicted octanol–water partition coefficient (Wildman–Crippen LogP) is 4.28. The fourth-order valence-corrected chi connectivity index (χ4v) is 2.93. The Morgan fingerprint density at radius 2 is 2.04 bits per heavy atom. The van der Waals surface area contributed by atoms with Gasteiger partial charge >= 0.3 is 0 Å². The molecule has 4 heteroatoms. The van der Waals surface area contributed by atoms with Crippen LogP contribution in [0.5, 0.6) is 0 Å². The van der Waals surface area contributed by atoms with Crippen molar-refractivity contribution in [1.82, 2.24) is 4.57 Å². The Bertz CT molecular complexity index is 703. The molecule has 3 atom stereocenters. The van der Waals surface area contributed by atoms with Crippen molar-refractivity contribution in [3.63, 3.8) is 0 Å². The van der Waals surface area contributed by atoms with Crippen LogP contribution in [-0.2, 0) is 4.74 Å². The maximum absolute atomic E-state index is 10.5. The van der Waals surface area contributed by atoms with Crippen molar-refractivity contribution in [2.24, 2.45) is 5.92 Å². The van der Waals surface area contributed by atoms with Gasteiger partial charge in [-0.1, -0.05) is 38.2 Å². The van der Waals surface area contributed by atoms with E-state index in [-0.39, 0.29) is 12.0 Å². The molecule has 0 saturated heterocycles. The Kier molecular flexibility index (Phi) is 6.64. The maximum atomic E-state index is 10.5. The second kappa shape index (κ2) is 8.71. The summed E-state index contributed by atoms with van der Waals surface area (Å²) in [5.74, 6) is 0.0983. The highest BCUT2D eigenvalue weighted by molar-refractivity contribution is 5.83. The highest BCUT2D eigenvalue weighted by Gasteiger charge is 2.27. The third kappa shape index (κ3) is 4.28. The zero-order valence-electron chi connectivity index (χ0n) is 14.7. The third-order valence-electron chi connectivity index (χ3n) is 4.13. The van der Waals surface area contributed by atoms with Crippen molar-refractivity contribution in [3.05, 3.63) is 54.8 Å². The predicted molar refractivity (Wildman–Crippen MR) is 101 cm³/mol. The second-order valence-corrected chi connectivity index (χ2v) is 5.96. The summed E-state index contributed by atoms with van der Waals surface area (Å²) in [5, 5.41) is 11.6. The summed E-state index contributed by atoms with van der Waals surface area (Å²) < 4.78 is 7.58. The number of fused-ring (bicyclic) bond motifs is 1. The van der Waals surface area contributed by atoms with Crippen LogP contribution in [0.1, 0.15) is 33.2 Å². The Hall–Kier alpha value is -2.04. The molecule has 2 rings (SSSR count). The molecular weight excluding hydrogens is 300 g/mol. The molecule has 1 unspecified atom stereocenters. The number of nitrogen functional groups attached to an aromatic ring is 1. The molecule has 0 aliphatic rings. The molecule has 0 radical (unpaired) electrons. The van der Waals surface area contributed by atoms with Crippen LogP contribution in [-0.4, -0.2) is 22.6 Å². The van der Waals surface area contributed by atoms with Crippen molar-refractivity contribution in [2.45, 2.75) is 39.5 Å². The van der Waals surface area contributed by atoms with E-state index in [0.29, 0.717) is 6.61 Å². The number of nitrogens with zero attached hydrogens (tertiary/aromatic N) is 1. The minimum absolute atomic E-state index is 0.0983. The molecule has 0 saturated carbocycles. The fraction of sp³-hybridized carbons (Fsp3) is 0.400. The number of aliphatic hydroxyl groups excluding tert-OH is 1. The SMILES string of the molecule is CC/C=C\C=C/[C@@H](C)C([C@@H](O)OCC)n1ccc2cc(N)ccc21. The Morgan fingerprint density at radius 3 is 2.75 bits per heavy atom. The lowest BCUT2D eigenvalue weighted by Gasteiger charge is -2.29. The lowest BCUT2D eigenvalue weighted by atomic mass is 10.00. The van der Waals surface area contributed by atoms with Gasteiger partial charge in [-0.15, -0.1) is 0 Å². The molecule has 0 aliphatic heterocycles. The third-order valence-corrected chi connectivity index (χ3v) is 4.13. The van der Waals surface area contributed by atoms with Crippen LogP contribution >= 0.6 is 0 Å². The lowest BCUT2D eigenvalue weighted by molar-refractivity contribution is -0.131. The first kappa shape index (κ1) is 18.3. The van der Waals surface area contributed by atoms with Crippen LogP contribution < -0.4 is 5.73 Å². The maximum Gasteiger partial charge on any atom is 0.175 e. The molecule has 0 aliphatic carbocycles. The van der Waals surface area contributed by atoms with Crippen LogP contribution in [0.25, 0.3) is 10.9 Å². The van der Waals surface area contributed by atoms with E-state index in [9.17, 15) is 5.11 Å². The van der Waals surface area contributed by atoms with Crippen molar-refractivity contribution < 1.29 is 9.84 Å². The second-order valence-electron chi connectivity index (χ2n) is 5.96. The first-order valence-electron chi connectivity index (χ1n) is 8.57. The zero-order valence-corrected chi connectivity index (χ0v) is 14.7. The lowest BCUT2D eigenvalue weighted by Crippen LogP contribution is -2.31. The Labute approximate surface area is 144 Å². The van der Waals surface area contributed by atoms with E-state index in [0.717, 1.165) is 23.0 Å². The number of ether oxygens (including phenoxy) is 1. The van der Waals surface area contributed by atoms with Gasteiger partial charge < -0.3 is 20.1 Å². The van der Waals surface area contributed by atoms with Crippen LogP contribution in [0, 0.1) is 5.92 Å². The Balaban J connectivity index is 2.37. The molecule has 3 N–H and O–H groups in total. The summed E-state index contributed by atoms with van der Waals surface area (Å²) in [7, 11) is 0. The normalized spacial score (nSPS) is 16.2. The van der Waals surface area contributed by atoms with Gasteiger partial charge in [0.05, 0.1) is 6.04 Å². The fourth-order valence-electron chi connectivity index (χ4n) is 2.93. The number of benzene rings is 1. The highest BCUT2D eigenvalue weighted by atomic mass is 16.6. The van der Waals surface area contributed by atoms with Gasteiger partial charge in [-0.05, 0) is 43.5 Å². The van der Waals surface area contributed by atoms with Crippen LogP contribution in [0.4, 0.5) is 5.69 Å². The minimum Gasteiger partial charge on any atom is -0.399 e. The molecule has 24 heavy (non-hydrogen) atoms. The van der Waals surface area contributed by atoms with E-state index in [1.807, 2.05) is 49.5 Å². The van der Waals surface area contributed by atoms with E-state index < -0.39 is 6.29 Å². The smallest absolute Gasteiger partial charge is 0.175 e. The van der Waals surface area contributed by atoms with Crippen LogP contribution in [0.2, 0.25) is 0 Å². The number of aromatic nitrogens is 1. The van der Waals surface area contributed by atoms with Gasteiger partial charge in [-0.2, -0.15) is 0 Å². The summed E-state index contributed by atoms with van der Waals surface area (Å²) in [6, 6.07) is 7.62. The molecule has 1 aromatic heterocycles. The number of hydrogen-bond acceptors (Lipinski definition) is 3. The molecule has 1 heterocycles. The number of nitrogens with two attached hydrogens (primary N) is 1. The molecule has 130 valence electrons. The van der Waals surface area contributed by atoms with E-state index in [1.165, 1.54) is 0 Å². The van der Waals surface area contributed by atoms with Gasteiger partial charge in [0.25, 0.3) is 0 Å². The Morgan fingerprint density at radius 1 is 1.25 bits per heavy atom. The topological polar surface area (TPSA) is 60.4 Å². The number of anilines is 1. The van der Waals surface area contributed by atoms with E-state index in [1.54, 1.807) is 0 Å². The standard InChI is InChI=1S/C20H28N2O2/c1-4-6-7-8-9-15(3)19(20(23)24-5-2)22-13-12-16-14-17(21)10-11-18(16)22/h6-15,19-20,23H,4-5,21H2,1-3H3/b7-6-,9-8-/t15-,19?,20+/m1/s1. The summed E-state index contributed by atoms with van der Waals surface area (Å²) >= 11 is 0. The molecule has 1 aromatic carbocycles. The number of hydrogen-bond donors (Lipinski definition) is 2. The molecule has 0 fully saturated rings. The first-order chi connectivity index (χ1) is 11.6. The average Bonchev–Trinajstić information content (AvgIpc) is 2.95. The summed E-state index contributed by atoms with van der Waals surface area (Å²) in [4.78, 5) is 0. The van der Waals surface area contributed by atoms with Crippen molar-refractivity contribution in [2.75, 3.05) is 12.3 Å². The van der Waals surface area contributed by atoms with Crippen LogP contribution in [0.3, 0.4) is 0 Å². The number of rotatable bonds is 8. The van der Waals surface area contributed by atoms with Gasteiger partial charge in [0.1, 0.15) is 0 Å². The largest absolute Gasteiger partial charge is 0.399 e. The molecule has 2 aromatic rings. The van der Waals surface area contributed by atoms with Gasteiger partial charge in [0, 0.05) is 29.4 Å². The summed E-state index contributed by atoms with van der Waals surface area (Å²) in [6.07, 6.45) is 10.4. The minimum atomic E-state index is -0.877. The van der Waals surface area contributed by atoms with Gasteiger partial charge in [0.2, 0.25) is 0 Å². The summed E-state index contributed by atoms with van der Waals surface area (Å²) in [6.45, 7) is 6.55. The van der Waals surface area contributed by atoms with Gasteiger partial charge in [-0.25, -0.2) is 0 Å². The van der Waals surface area contributed by atoms with Crippen LogP contribution in [0.15, 0.2) is 54.8 Å². The van der Waals surface area contributed by atoms with E-state index in [4.69, 9.17) is 10.5 Å². The van der Waals surface area contributed by atoms with Crippen molar-refractivity contribution in [1.29, 1.82) is 0 Å². The average molecular weight is 328 g/mol. The van der Waals surface area contributed by atoms with Crippen molar-refractivity contribution >= 4 is 16.6 Å². The molecular formula is C20H28N2O2. The molecule has 4 nitrogen and oxygen atoms in total. The number of aliphatic hydroxyl groups is 1. The summed E-state index contributed by atoms with van der Waals surface area (Å²) in [5.41, 5.74) is 7.64. The van der Waals surface area contributed by atoms with E-state index >= 15 is 0 Å². The monoisotopic (exact) mass is 328 g/mol. The molecule has 0 amide bonds. The number of allylic oxidation sites excluding steroid dienone is 4. The van der Waals surface area contributed by atoms with Gasteiger partial charge in [-0.3, -0.25) is 0 Å². The first-order valence-corrected chi connectivity index (χ1v) is 8.57. The van der Waals surface area contributed by atoms with Crippen molar-refractivity contribution in [3.8, 4) is 0 Å². The molecule has 0 spiro atoms. The van der Waals surface area contributed by atoms with Gasteiger partial charge in [0.15, 0.2) is 6.29 Å². The van der Waals surface area contributed by atoms with E-state index in [2.05, 4.69) is 30.6 Å². The quantitative estimate of drug-likeness (QED) is 0.432. The highest BCUT2D eigenvalue weighted by Crippen LogP contribution is 2.30.